The largest absolute Gasteiger partial charge is 0.383 e. The summed E-state index contributed by atoms with van der Waals surface area (Å²) in [5.74, 6) is 0.0324. The van der Waals surface area contributed by atoms with Crippen LogP contribution in [-0.4, -0.2) is 40.4 Å². The molecule has 3 N–H and O–H groups in total. The van der Waals surface area contributed by atoms with Crippen LogP contribution in [0, 0.1) is 5.82 Å². The first-order valence-corrected chi connectivity index (χ1v) is 11.1. The number of piperazine rings is 1. The summed E-state index contributed by atoms with van der Waals surface area (Å²) in [4.78, 5) is 24.0. The predicted octanol–water partition coefficient (Wildman–Crippen LogP) is 3.93. The predicted molar refractivity (Wildman–Crippen MR) is 122 cm³/mol. The summed E-state index contributed by atoms with van der Waals surface area (Å²) in [5, 5.41) is 4.70. The summed E-state index contributed by atoms with van der Waals surface area (Å²) in [6.07, 6.45) is 2.04. The van der Waals surface area contributed by atoms with E-state index in [0.29, 0.717) is 30.7 Å². The van der Waals surface area contributed by atoms with Crippen LogP contribution in [-0.2, 0) is 11.2 Å². The molecule has 0 radical (unpaired) electrons. The van der Waals surface area contributed by atoms with E-state index in [4.69, 9.17) is 17.3 Å². The van der Waals surface area contributed by atoms with Gasteiger partial charge in [-0.05, 0) is 42.3 Å². The molecule has 1 aliphatic heterocycles. The number of nitrogens with two attached hydrogens (primary N) is 1. The van der Waals surface area contributed by atoms with E-state index < -0.39 is 5.82 Å². The molecule has 5 rings (SSSR count). The van der Waals surface area contributed by atoms with Gasteiger partial charge in [0, 0.05) is 33.4 Å². The van der Waals surface area contributed by atoms with Gasteiger partial charge in [0.1, 0.15) is 18.0 Å². The lowest BCUT2D eigenvalue weighted by Crippen LogP contribution is -2.49. The second-order valence-electron chi connectivity index (χ2n) is 7.52. The number of hydrogen-bond acceptors (Lipinski definition) is 6. The van der Waals surface area contributed by atoms with E-state index >= 15 is 0 Å². The Bertz CT molecular complexity index is 1310. The van der Waals surface area contributed by atoms with Gasteiger partial charge < -0.3 is 16.0 Å². The fourth-order valence-electron chi connectivity index (χ4n) is 4.02. The second-order valence-corrected chi connectivity index (χ2v) is 9.01. The molecule has 1 fully saturated rings. The van der Waals surface area contributed by atoms with Gasteiger partial charge in [0.05, 0.1) is 23.1 Å². The number of anilines is 1. The fraction of sp³-hybridized carbons (Fsp3) is 0.227. The number of carbonyl (C=O) groups excluding carboxylic acids is 1. The Balaban J connectivity index is 1.58. The highest BCUT2D eigenvalue weighted by atomic mass is 35.5. The van der Waals surface area contributed by atoms with Crippen LogP contribution < -0.4 is 11.1 Å². The molecule has 158 valence electrons. The van der Waals surface area contributed by atoms with Gasteiger partial charge in [0.25, 0.3) is 0 Å². The zero-order chi connectivity index (χ0) is 21.5. The molecular weight excluding hydrogens is 437 g/mol. The first-order valence-electron chi connectivity index (χ1n) is 9.88. The highest BCUT2D eigenvalue weighted by molar-refractivity contribution is 7.19. The van der Waals surface area contributed by atoms with Gasteiger partial charge in [-0.25, -0.2) is 14.4 Å². The Morgan fingerprint density at radius 3 is 2.94 bits per heavy atom. The maximum Gasteiger partial charge on any atom is 0.237 e. The molecule has 6 nitrogen and oxygen atoms in total. The number of nitrogens with zero attached hydrogens (tertiary/aromatic N) is 3. The third kappa shape index (κ3) is 3.71. The molecule has 1 unspecified atom stereocenters. The van der Waals surface area contributed by atoms with Crippen LogP contribution >= 0.6 is 22.9 Å². The van der Waals surface area contributed by atoms with Crippen molar-refractivity contribution in [3.8, 4) is 0 Å². The van der Waals surface area contributed by atoms with Crippen LogP contribution in [0.1, 0.15) is 16.5 Å². The van der Waals surface area contributed by atoms with Crippen molar-refractivity contribution in [1.29, 1.82) is 0 Å². The summed E-state index contributed by atoms with van der Waals surface area (Å²) in [6.45, 7) is 1.63. The zero-order valence-corrected chi connectivity index (χ0v) is 18.0. The lowest BCUT2D eigenvalue weighted by molar-refractivity contribution is -0.134. The van der Waals surface area contributed by atoms with Crippen molar-refractivity contribution >= 4 is 55.7 Å². The van der Waals surface area contributed by atoms with Crippen LogP contribution in [0.4, 0.5) is 10.2 Å². The summed E-state index contributed by atoms with van der Waals surface area (Å²) in [7, 11) is 0. The smallest absolute Gasteiger partial charge is 0.237 e. The molecular formula is C22H19ClFN5OS. The normalized spacial score (nSPS) is 15.7. The van der Waals surface area contributed by atoms with E-state index in [0.717, 1.165) is 32.6 Å². The molecule has 0 bridgehead atoms. The van der Waals surface area contributed by atoms with Crippen molar-refractivity contribution in [2.45, 2.75) is 12.5 Å². The topological polar surface area (TPSA) is 84.1 Å². The van der Waals surface area contributed by atoms with Crippen LogP contribution in [0.3, 0.4) is 0 Å². The molecule has 0 spiro atoms. The number of hydrogen-bond donors (Lipinski definition) is 2. The fourth-order valence-corrected chi connectivity index (χ4v) is 5.48. The third-order valence-corrected chi connectivity index (χ3v) is 7.18. The highest BCUT2D eigenvalue weighted by Gasteiger charge is 2.29. The van der Waals surface area contributed by atoms with Crippen molar-refractivity contribution in [2.24, 2.45) is 0 Å². The van der Waals surface area contributed by atoms with E-state index in [1.54, 1.807) is 6.07 Å². The van der Waals surface area contributed by atoms with E-state index in [2.05, 4.69) is 15.3 Å². The monoisotopic (exact) mass is 455 g/mol. The number of thiophene rings is 1. The first-order chi connectivity index (χ1) is 15.0. The number of fused-ring (bicyclic) bond motifs is 2. The molecule has 1 aliphatic rings. The van der Waals surface area contributed by atoms with Crippen LogP contribution in [0.5, 0.6) is 0 Å². The minimum absolute atomic E-state index is 0.0401. The first kappa shape index (κ1) is 20.1. The highest BCUT2D eigenvalue weighted by Crippen LogP contribution is 2.39. The van der Waals surface area contributed by atoms with Crippen molar-refractivity contribution in [3.05, 3.63) is 64.0 Å². The Morgan fingerprint density at radius 2 is 2.10 bits per heavy atom. The number of carbonyl (C=O) groups is 1. The van der Waals surface area contributed by atoms with Crippen molar-refractivity contribution in [3.63, 3.8) is 0 Å². The van der Waals surface area contributed by atoms with Crippen LogP contribution in [0.25, 0.3) is 21.0 Å². The number of nitrogen functional groups attached to an aromatic ring is 1. The Kier molecular flexibility index (Phi) is 5.21. The second kappa shape index (κ2) is 8.03. The van der Waals surface area contributed by atoms with Crippen molar-refractivity contribution in [2.75, 3.05) is 25.4 Å². The number of nitrogens with one attached hydrogen (secondary N) is 1. The molecule has 31 heavy (non-hydrogen) atoms. The zero-order valence-electron chi connectivity index (χ0n) is 16.4. The number of benzene rings is 2. The van der Waals surface area contributed by atoms with Gasteiger partial charge in [0.2, 0.25) is 5.91 Å². The lowest BCUT2D eigenvalue weighted by atomic mass is 10.0. The molecule has 1 atom stereocenters. The summed E-state index contributed by atoms with van der Waals surface area (Å²) >= 11 is 7.75. The minimum Gasteiger partial charge on any atom is -0.383 e. The van der Waals surface area contributed by atoms with Crippen LogP contribution in [0.15, 0.2) is 42.7 Å². The summed E-state index contributed by atoms with van der Waals surface area (Å²) in [6, 6.07) is 10.7. The van der Waals surface area contributed by atoms with Crippen LogP contribution in [0.2, 0.25) is 5.02 Å². The maximum absolute atomic E-state index is 14.0. The number of amides is 1. The Hall–Kier alpha value is -2.81. The van der Waals surface area contributed by atoms with E-state index in [9.17, 15) is 9.18 Å². The SMILES string of the molecule is Nc1ncnc2cc(CC(c3cc4c(Cl)c(F)ccc4s3)N3CCNCC3=O)ccc12. The van der Waals surface area contributed by atoms with Gasteiger partial charge in [-0.1, -0.05) is 17.7 Å². The molecule has 2 aromatic carbocycles. The molecule has 1 saturated heterocycles. The summed E-state index contributed by atoms with van der Waals surface area (Å²) in [5.41, 5.74) is 7.74. The van der Waals surface area contributed by atoms with E-state index in [1.807, 2.05) is 29.2 Å². The number of aromatic nitrogens is 2. The van der Waals surface area contributed by atoms with Gasteiger partial charge in [-0.3, -0.25) is 4.79 Å². The van der Waals surface area contributed by atoms with Gasteiger partial charge in [-0.2, -0.15) is 0 Å². The molecule has 0 saturated carbocycles. The van der Waals surface area contributed by atoms with Crippen molar-refractivity contribution < 1.29 is 9.18 Å². The van der Waals surface area contributed by atoms with E-state index in [1.165, 1.54) is 23.7 Å². The maximum atomic E-state index is 14.0. The quantitative estimate of drug-likeness (QED) is 0.487. The lowest BCUT2D eigenvalue weighted by Gasteiger charge is -2.34. The molecule has 1 amide bonds. The Morgan fingerprint density at radius 1 is 1.23 bits per heavy atom. The van der Waals surface area contributed by atoms with Gasteiger partial charge in [-0.15, -0.1) is 11.3 Å². The average Bonchev–Trinajstić information content (AvgIpc) is 3.20. The minimum atomic E-state index is -0.444. The van der Waals surface area contributed by atoms with Gasteiger partial charge >= 0.3 is 0 Å². The number of rotatable bonds is 4. The summed E-state index contributed by atoms with van der Waals surface area (Å²) < 4.78 is 14.9. The molecule has 3 heterocycles. The average molecular weight is 456 g/mol. The van der Waals surface area contributed by atoms with Gasteiger partial charge in [0.15, 0.2) is 0 Å². The molecule has 9 heteroatoms. The Labute approximate surface area is 186 Å². The molecule has 4 aromatic rings. The molecule has 2 aromatic heterocycles. The third-order valence-electron chi connectivity index (χ3n) is 5.60. The molecule has 0 aliphatic carbocycles. The number of halogens is 2. The van der Waals surface area contributed by atoms with Crippen molar-refractivity contribution in [1.82, 2.24) is 20.2 Å². The standard InChI is InChI=1S/C22H19ClFN5OS/c23-21-14-9-19(31-18(14)4-3-15(21)24)17(29-6-5-26-10-20(29)30)8-12-1-2-13-16(7-12)27-11-28-22(13)25/h1-4,7,9,11,17,26H,5-6,8,10H2,(H2,25,27,28). The van der Waals surface area contributed by atoms with E-state index in [-0.39, 0.29) is 17.0 Å².